The molecule has 5 heteroatoms. The minimum atomic E-state index is -0.345. The average molecular weight is 246 g/mol. The molecule has 1 N–H and O–H groups in total. The number of ether oxygens (including phenoxy) is 1. The van der Waals surface area contributed by atoms with Gasteiger partial charge in [-0.3, -0.25) is 4.79 Å². The summed E-state index contributed by atoms with van der Waals surface area (Å²) in [6.07, 6.45) is -0.345. The molecule has 2 aliphatic heterocycles. The van der Waals surface area contributed by atoms with Crippen LogP contribution in [0.15, 0.2) is 30.3 Å². The van der Waals surface area contributed by atoms with Crippen molar-refractivity contribution in [2.24, 2.45) is 5.92 Å². The smallest absolute Gasteiger partial charge is 0.410 e. The molecule has 0 radical (unpaired) electrons. The summed E-state index contributed by atoms with van der Waals surface area (Å²) in [5, 5.41) is 2.77. The third kappa shape index (κ3) is 1.92. The molecule has 2 atom stereocenters. The predicted octanol–water partition coefficient (Wildman–Crippen LogP) is 0.753. The first-order valence-electron chi connectivity index (χ1n) is 6.00. The number of nitrogens with one attached hydrogen (secondary N) is 1. The van der Waals surface area contributed by atoms with Gasteiger partial charge in [-0.15, -0.1) is 0 Å². The van der Waals surface area contributed by atoms with Crippen molar-refractivity contribution >= 4 is 12.0 Å². The average Bonchev–Trinajstić information content (AvgIpc) is 2.74. The van der Waals surface area contributed by atoms with Crippen LogP contribution in [-0.2, 0) is 16.1 Å². The van der Waals surface area contributed by atoms with Crippen molar-refractivity contribution in [3.05, 3.63) is 35.9 Å². The molecule has 94 valence electrons. The van der Waals surface area contributed by atoms with Crippen LogP contribution >= 0.6 is 0 Å². The van der Waals surface area contributed by atoms with E-state index in [-0.39, 0.29) is 30.6 Å². The van der Waals surface area contributed by atoms with Crippen LogP contribution in [0.3, 0.4) is 0 Å². The number of β-lactam (4-membered cyclic amide) rings is 1. The molecule has 3 rings (SSSR count). The maximum absolute atomic E-state index is 11.8. The number of benzene rings is 1. The highest BCUT2D eigenvalue weighted by Gasteiger charge is 2.47. The fourth-order valence-corrected chi connectivity index (χ4v) is 2.37. The number of rotatable bonds is 2. The van der Waals surface area contributed by atoms with E-state index >= 15 is 0 Å². The molecule has 0 aliphatic carbocycles. The second-order valence-electron chi connectivity index (χ2n) is 4.67. The molecule has 1 aromatic carbocycles. The number of fused-ring (bicyclic) bond motifs is 1. The molecule has 0 spiro atoms. The van der Waals surface area contributed by atoms with Gasteiger partial charge in [-0.05, 0) is 5.56 Å². The first kappa shape index (κ1) is 11.1. The summed E-state index contributed by atoms with van der Waals surface area (Å²) in [5.41, 5.74) is 0.960. The number of hydrogen-bond acceptors (Lipinski definition) is 3. The lowest BCUT2D eigenvalue weighted by Gasteiger charge is -2.28. The van der Waals surface area contributed by atoms with Gasteiger partial charge >= 0.3 is 6.09 Å². The Labute approximate surface area is 105 Å². The van der Waals surface area contributed by atoms with E-state index in [9.17, 15) is 9.59 Å². The highest BCUT2D eigenvalue weighted by atomic mass is 16.6. The van der Waals surface area contributed by atoms with Crippen LogP contribution in [0.1, 0.15) is 5.56 Å². The Bertz CT molecular complexity index is 474. The largest absolute Gasteiger partial charge is 0.445 e. The van der Waals surface area contributed by atoms with E-state index in [0.29, 0.717) is 13.1 Å². The topological polar surface area (TPSA) is 58.6 Å². The van der Waals surface area contributed by atoms with E-state index in [2.05, 4.69) is 5.32 Å². The van der Waals surface area contributed by atoms with Crippen LogP contribution in [0.2, 0.25) is 0 Å². The highest BCUT2D eigenvalue weighted by molar-refractivity contribution is 5.88. The molecular formula is C13H14N2O3. The molecule has 2 aliphatic rings. The molecule has 2 unspecified atom stereocenters. The van der Waals surface area contributed by atoms with Crippen LogP contribution in [0.25, 0.3) is 0 Å². The van der Waals surface area contributed by atoms with Crippen LogP contribution in [-0.4, -0.2) is 36.0 Å². The summed E-state index contributed by atoms with van der Waals surface area (Å²) in [7, 11) is 0. The first-order chi connectivity index (χ1) is 8.74. The van der Waals surface area contributed by atoms with Gasteiger partial charge in [-0.1, -0.05) is 30.3 Å². The minimum absolute atomic E-state index is 0.0331. The SMILES string of the molecule is O=C1NC2CN(C(=O)OCc3ccccc3)CC12. The zero-order chi connectivity index (χ0) is 12.5. The molecule has 0 aromatic heterocycles. The lowest BCUT2D eigenvalue weighted by molar-refractivity contribution is -0.132. The van der Waals surface area contributed by atoms with Gasteiger partial charge in [0.2, 0.25) is 5.91 Å². The van der Waals surface area contributed by atoms with Crippen LogP contribution in [0, 0.1) is 5.92 Å². The Kier molecular flexibility index (Phi) is 2.66. The van der Waals surface area contributed by atoms with Crippen molar-refractivity contribution in [1.82, 2.24) is 10.2 Å². The quantitative estimate of drug-likeness (QED) is 0.783. The number of nitrogens with zero attached hydrogens (tertiary/aromatic N) is 1. The monoisotopic (exact) mass is 246 g/mol. The first-order valence-corrected chi connectivity index (χ1v) is 6.00. The summed E-state index contributed by atoms with van der Waals surface area (Å²) in [6.45, 7) is 1.31. The summed E-state index contributed by atoms with van der Waals surface area (Å²) in [5.74, 6) is 0.00707. The fraction of sp³-hybridized carbons (Fsp3) is 0.385. The summed E-state index contributed by atoms with van der Waals surface area (Å²) < 4.78 is 5.22. The van der Waals surface area contributed by atoms with Crippen molar-refractivity contribution < 1.29 is 14.3 Å². The van der Waals surface area contributed by atoms with E-state index in [1.807, 2.05) is 30.3 Å². The molecule has 2 heterocycles. The van der Waals surface area contributed by atoms with E-state index in [0.717, 1.165) is 5.56 Å². The maximum Gasteiger partial charge on any atom is 0.410 e. The summed E-state index contributed by atoms with van der Waals surface area (Å²) in [4.78, 5) is 24.6. The standard InChI is InChI=1S/C13H14N2O3/c16-12-10-6-15(7-11(10)14-12)13(17)18-8-9-4-2-1-3-5-9/h1-5,10-11H,6-8H2,(H,14,16). The zero-order valence-electron chi connectivity index (χ0n) is 9.83. The molecule has 18 heavy (non-hydrogen) atoms. The Hall–Kier alpha value is -2.04. The number of amides is 2. The van der Waals surface area contributed by atoms with Crippen molar-refractivity contribution in [3.63, 3.8) is 0 Å². The number of likely N-dealkylation sites (tertiary alicyclic amines) is 1. The van der Waals surface area contributed by atoms with Crippen molar-refractivity contribution in [1.29, 1.82) is 0 Å². The van der Waals surface area contributed by atoms with Crippen molar-refractivity contribution in [2.75, 3.05) is 13.1 Å². The summed E-state index contributed by atoms with van der Waals surface area (Å²) >= 11 is 0. The Morgan fingerprint density at radius 1 is 1.33 bits per heavy atom. The predicted molar refractivity (Wildman–Crippen MR) is 63.6 cm³/mol. The normalized spacial score (nSPS) is 25.1. The third-order valence-corrected chi connectivity index (χ3v) is 3.45. The molecule has 0 bridgehead atoms. The van der Waals surface area contributed by atoms with Gasteiger partial charge in [0, 0.05) is 13.1 Å². The molecule has 2 amide bonds. The van der Waals surface area contributed by atoms with Crippen LogP contribution in [0.4, 0.5) is 4.79 Å². The minimum Gasteiger partial charge on any atom is -0.445 e. The van der Waals surface area contributed by atoms with Crippen LogP contribution in [0.5, 0.6) is 0 Å². The van der Waals surface area contributed by atoms with Gasteiger partial charge in [0.25, 0.3) is 0 Å². The molecule has 5 nitrogen and oxygen atoms in total. The molecule has 2 saturated heterocycles. The van der Waals surface area contributed by atoms with Gasteiger partial charge in [-0.25, -0.2) is 4.79 Å². The van der Waals surface area contributed by atoms with E-state index in [1.165, 1.54) is 0 Å². The fourth-order valence-electron chi connectivity index (χ4n) is 2.37. The number of carbonyl (C=O) groups is 2. The van der Waals surface area contributed by atoms with E-state index in [4.69, 9.17) is 4.74 Å². The second-order valence-corrected chi connectivity index (χ2v) is 4.67. The summed E-state index contributed by atoms with van der Waals surface area (Å²) in [6, 6.07) is 9.67. The van der Waals surface area contributed by atoms with Gasteiger partial charge < -0.3 is 15.0 Å². The molecule has 1 aromatic rings. The van der Waals surface area contributed by atoms with Gasteiger partial charge in [0.1, 0.15) is 6.61 Å². The van der Waals surface area contributed by atoms with Gasteiger partial charge in [-0.2, -0.15) is 0 Å². The Balaban J connectivity index is 1.52. The second kappa shape index (κ2) is 4.33. The number of carbonyl (C=O) groups excluding carboxylic acids is 2. The number of hydrogen-bond donors (Lipinski definition) is 1. The third-order valence-electron chi connectivity index (χ3n) is 3.45. The lowest BCUT2D eigenvalue weighted by atomic mass is 9.95. The van der Waals surface area contributed by atoms with E-state index in [1.54, 1.807) is 4.90 Å². The zero-order valence-corrected chi connectivity index (χ0v) is 9.83. The van der Waals surface area contributed by atoms with Gasteiger partial charge in [0.15, 0.2) is 0 Å². The van der Waals surface area contributed by atoms with Crippen molar-refractivity contribution in [3.8, 4) is 0 Å². The molecular weight excluding hydrogens is 232 g/mol. The van der Waals surface area contributed by atoms with Crippen LogP contribution < -0.4 is 5.32 Å². The maximum atomic E-state index is 11.8. The van der Waals surface area contributed by atoms with Gasteiger partial charge in [0.05, 0.1) is 12.0 Å². The van der Waals surface area contributed by atoms with E-state index < -0.39 is 0 Å². The Morgan fingerprint density at radius 3 is 2.78 bits per heavy atom. The highest BCUT2D eigenvalue weighted by Crippen LogP contribution is 2.25. The van der Waals surface area contributed by atoms with Crippen molar-refractivity contribution in [2.45, 2.75) is 12.6 Å². The molecule has 2 fully saturated rings. The molecule has 0 saturated carbocycles. The Morgan fingerprint density at radius 2 is 2.11 bits per heavy atom. The lowest BCUT2D eigenvalue weighted by Crippen LogP contribution is -2.57.